The number of amides is 1. The highest BCUT2D eigenvalue weighted by molar-refractivity contribution is 5.76. The monoisotopic (exact) mass is 1480 g/mol. The Balaban J connectivity index is 1.36. The van der Waals surface area contributed by atoms with Gasteiger partial charge in [-0.25, -0.2) is 0 Å². The molecule has 0 aromatic rings. The molecule has 0 aliphatic carbocycles. The molecule has 19 nitrogen and oxygen atoms in total. The first-order chi connectivity index (χ1) is 50.8. The molecule has 0 aromatic carbocycles. The van der Waals surface area contributed by atoms with E-state index in [9.17, 15) is 61.0 Å². The molecule has 612 valence electrons. The first-order valence-corrected chi connectivity index (χ1v) is 43.2. The van der Waals surface area contributed by atoms with E-state index >= 15 is 0 Å². The van der Waals surface area contributed by atoms with Crippen LogP contribution in [-0.2, 0) is 33.2 Å². The predicted molar refractivity (Wildman–Crippen MR) is 416 cm³/mol. The fourth-order valence-corrected chi connectivity index (χ4v) is 14.8. The van der Waals surface area contributed by atoms with E-state index in [2.05, 4.69) is 43.5 Å². The molecule has 3 fully saturated rings. The van der Waals surface area contributed by atoms with E-state index in [4.69, 9.17) is 28.4 Å². The van der Waals surface area contributed by atoms with Gasteiger partial charge >= 0.3 is 0 Å². The number of hydrogen-bond donors (Lipinski definition) is 12. The van der Waals surface area contributed by atoms with Crippen molar-refractivity contribution < 1.29 is 89.4 Å². The summed E-state index contributed by atoms with van der Waals surface area (Å²) in [6.45, 7) is 1.78. The van der Waals surface area contributed by atoms with Crippen molar-refractivity contribution in [1.82, 2.24) is 5.32 Å². The van der Waals surface area contributed by atoms with Crippen LogP contribution in [0.2, 0.25) is 0 Å². The topological polar surface area (TPSA) is 307 Å². The molecule has 19 heteroatoms. The minimum absolute atomic E-state index is 0.237. The second-order valence-electron chi connectivity index (χ2n) is 31.0. The average Bonchev–Trinajstić information content (AvgIpc) is 0.772. The van der Waals surface area contributed by atoms with Crippen LogP contribution < -0.4 is 5.32 Å². The van der Waals surface area contributed by atoms with Crippen LogP contribution >= 0.6 is 0 Å². The fourth-order valence-electron chi connectivity index (χ4n) is 14.8. The maximum Gasteiger partial charge on any atom is 0.220 e. The van der Waals surface area contributed by atoms with Crippen LogP contribution in [0.15, 0.2) is 36.5 Å². The molecular weight excluding hydrogens is 1320 g/mol. The van der Waals surface area contributed by atoms with Crippen LogP contribution in [0.1, 0.15) is 367 Å². The Hall–Kier alpha value is -1.99. The average molecular weight is 1480 g/mol. The molecular formula is C85H159NO18. The first-order valence-electron chi connectivity index (χ1n) is 43.2. The Kier molecular flexibility index (Phi) is 60.8. The van der Waals surface area contributed by atoms with E-state index in [1.807, 2.05) is 6.08 Å². The van der Waals surface area contributed by atoms with Gasteiger partial charge in [-0.2, -0.15) is 0 Å². The zero-order chi connectivity index (χ0) is 75.3. The minimum Gasteiger partial charge on any atom is -0.394 e. The summed E-state index contributed by atoms with van der Waals surface area (Å²) in [5, 5.41) is 121. The number of unbranched alkanes of at least 4 members (excludes halogenated alkanes) is 50. The predicted octanol–water partition coefficient (Wildman–Crippen LogP) is 15.5. The van der Waals surface area contributed by atoms with Crippen LogP contribution in [-0.4, -0.2) is 193 Å². The summed E-state index contributed by atoms with van der Waals surface area (Å²) in [5.41, 5.74) is 0. The number of carbonyl (C=O) groups excluding carboxylic acids is 1. The molecule has 17 unspecified atom stereocenters. The summed E-state index contributed by atoms with van der Waals surface area (Å²) in [6.07, 6.45) is 55.9. The number of carbonyl (C=O) groups is 1. The molecule has 0 aromatic heterocycles. The molecule has 3 aliphatic heterocycles. The third-order valence-electron chi connectivity index (χ3n) is 21.7. The lowest BCUT2D eigenvalue weighted by atomic mass is 9.96. The minimum atomic E-state index is -1.98. The van der Waals surface area contributed by atoms with Gasteiger partial charge in [-0.15, -0.1) is 0 Å². The van der Waals surface area contributed by atoms with Gasteiger partial charge in [-0.1, -0.05) is 352 Å². The third kappa shape index (κ3) is 44.8. The fraction of sp³-hybridized carbons (Fsp3) is 0.918. The van der Waals surface area contributed by atoms with E-state index in [0.717, 1.165) is 44.9 Å². The number of ether oxygens (including phenoxy) is 6. The molecule has 0 bridgehead atoms. The number of aliphatic hydroxyl groups is 11. The molecule has 3 heterocycles. The van der Waals surface area contributed by atoms with E-state index in [0.29, 0.717) is 12.8 Å². The number of rotatable bonds is 70. The normalized spacial score (nSPS) is 26.0. The summed E-state index contributed by atoms with van der Waals surface area (Å²) in [6, 6.07) is -0.997. The van der Waals surface area contributed by atoms with E-state index in [1.165, 1.54) is 289 Å². The van der Waals surface area contributed by atoms with Crippen molar-refractivity contribution in [1.29, 1.82) is 0 Å². The lowest BCUT2D eigenvalue weighted by Gasteiger charge is -2.48. The highest BCUT2D eigenvalue weighted by Crippen LogP contribution is 2.33. The summed E-state index contributed by atoms with van der Waals surface area (Å²) in [5.74, 6) is -0.282. The molecule has 0 saturated carbocycles. The molecule has 12 N–H and O–H groups in total. The number of allylic oxidation sites excluding steroid dienone is 5. The number of nitrogens with one attached hydrogen (secondary N) is 1. The van der Waals surface area contributed by atoms with Crippen LogP contribution in [0.4, 0.5) is 0 Å². The Morgan fingerprint density at radius 3 is 0.962 bits per heavy atom. The van der Waals surface area contributed by atoms with Gasteiger partial charge < -0.3 is 89.9 Å². The van der Waals surface area contributed by atoms with Gasteiger partial charge in [0.15, 0.2) is 18.9 Å². The van der Waals surface area contributed by atoms with Gasteiger partial charge in [0.2, 0.25) is 5.91 Å². The van der Waals surface area contributed by atoms with Gasteiger partial charge in [0.05, 0.1) is 38.6 Å². The zero-order valence-electron chi connectivity index (χ0n) is 65.8. The van der Waals surface area contributed by atoms with Gasteiger partial charge in [0.25, 0.3) is 0 Å². The Morgan fingerprint density at radius 2 is 0.615 bits per heavy atom. The summed E-state index contributed by atoms with van der Waals surface area (Å²) < 4.78 is 34.5. The summed E-state index contributed by atoms with van der Waals surface area (Å²) in [4.78, 5) is 13.5. The van der Waals surface area contributed by atoms with Gasteiger partial charge in [-0.05, 0) is 44.9 Å². The second kappa shape index (κ2) is 65.7. The van der Waals surface area contributed by atoms with Crippen LogP contribution in [0.3, 0.4) is 0 Å². The molecule has 1 amide bonds. The van der Waals surface area contributed by atoms with Crippen molar-refractivity contribution in [2.75, 3.05) is 26.4 Å². The SMILES string of the molecule is CCCCCCCCCCCCCCCCCCCCC/C=C/CC/C=C/CC/C=C/C(O)C(COC1OC(CO)C(OC2OC(CO)C(OC3OC(CO)C(O)C(O)C3O)C(O)C2O)C(O)C1O)NC(=O)CCCCCCCCCCCCCCCCCCCCCCCCCCCCCCCC. The van der Waals surface area contributed by atoms with Crippen molar-refractivity contribution in [2.24, 2.45) is 0 Å². The highest BCUT2D eigenvalue weighted by atomic mass is 16.8. The number of aliphatic hydroxyl groups excluding tert-OH is 11. The van der Waals surface area contributed by atoms with Crippen LogP contribution in [0.25, 0.3) is 0 Å². The first kappa shape index (κ1) is 96.2. The van der Waals surface area contributed by atoms with Crippen molar-refractivity contribution >= 4 is 5.91 Å². The maximum absolute atomic E-state index is 13.5. The van der Waals surface area contributed by atoms with Crippen molar-refractivity contribution in [2.45, 2.75) is 471 Å². The highest BCUT2D eigenvalue weighted by Gasteiger charge is 2.54. The molecule has 3 rings (SSSR count). The quantitative estimate of drug-likeness (QED) is 0.0199. The van der Waals surface area contributed by atoms with Crippen LogP contribution in [0, 0.1) is 0 Å². The second-order valence-corrected chi connectivity index (χ2v) is 31.0. The molecule has 0 radical (unpaired) electrons. The molecule has 0 spiro atoms. The van der Waals surface area contributed by atoms with Crippen molar-refractivity contribution in [3.05, 3.63) is 36.5 Å². The van der Waals surface area contributed by atoms with Crippen molar-refractivity contribution in [3.8, 4) is 0 Å². The van der Waals surface area contributed by atoms with Gasteiger partial charge in [0.1, 0.15) is 73.2 Å². The lowest BCUT2D eigenvalue weighted by molar-refractivity contribution is -0.379. The zero-order valence-corrected chi connectivity index (χ0v) is 65.8. The van der Waals surface area contributed by atoms with Crippen LogP contribution in [0.5, 0.6) is 0 Å². The van der Waals surface area contributed by atoms with Gasteiger partial charge in [-0.3, -0.25) is 4.79 Å². The smallest absolute Gasteiger partial charge is 0.220 e. The molecule has 104 heavy (non-hydrogen) atoms. The molecule has 3 aliphatic rings. The van der Waals surface area contributed by atoms with E-state index in [-0.39, 0.29) is 18.9 Å². The standard InChI is InChI=1S/C85H159NO18/c1-3-5-7-9-11-13-15-17-19-21-23-25-27-29-31-33-35-37-39-41-43-45-47-49-51-53-55-57-59-61-63-73(91)86-68(69(90)62-60-58-56-54-52-50-48-46-44-42-40-38-36-34-32-30-28-26-24-22-20-18-16-14-12-10-8-6-4-2)67-99-83-79(97)76(94)81(71(65-88)101-83)104-85-80(98)77(95)82(72(66-89)102-85)103-84-78(96)75(93)74(92)70(64-87)100-84/h44,46,52,54,60,62,68-72,74-85,87-90,92-98H,3-43,45,47-51,53,55-59,61,63-67H2,1-2H3,(H,86,91)/b46-44+,54-52+,62-60+. The van der Waals surface area contributed by atoms with E-state index in [1.54, 1.807) is 6.08 Å². The third-order valence-corrected chi connectivity index (χ3v) is 21.7. The van der Waals surface area contributed by atoms with Crippen molar-refractivity contribution in [3.63, 3.8) is 0 Å². The number of hydrogen-bond acceptors (Lipinski definition) is 18. The summed E-state index contributed by atoms with van der Waals surface area (Å²) in [7, 11) is 0. The molecule has 3 saturated heterocycles. The Bertz CT molecular complexity index is 2020. The Labute approximate surface area is 631 Å². The maximum atomic E-state index is 13.5. The Morgan fingerprint density at radius 1 is 0.337 bits per heavy atom. The summed E-state index contributed by atoms with van der Waals surface area (Å²) >= 11 is 0. The van der Waals surface area contributed by atoms with Gasteiger partial charge in [0, 0.05) is 6.42 Å². The lowest BCUT2D eigenvalue weighted by Crippen LogP contribution is -2.66. The largest absolute Gasteiger partial charge is 0.394 e. The molecule has 17 atom stereocenters. The van der Waals surface area contributed by atoms with E-state index < -0.39 is 124 Å².